The van der Waals surface area contributed by atoms with Crippen LogP contribution >= 0.6 is 0 Å². The monoisotopic (exact) mass is 488 g/mol. The number of nitrogens with zero attached hydrogens (tertiary/aromatic N) is 2. The van der Waals surface area contributed by atoms with Crippen LogP contribution in [0.5, 0.6) is 0 Å². The number of fused-ring (bicyclic) bond motifs is 3. The standard InChI is InChI=1S/C35H24N2O/c1-3-9-25(10-4-1)26-15-17-27(18-16-26)28-19-21-30(22-20-28)37(29-11-5-2-6-12-29)31-23-34-35(36-24-31)32-13-7-8-14-33(32)38-34/h1-24H. The molecule has 7 aromatic rings. The third-order valence-electron chi connectivity index (χ3n) is 6.92. The van der Waals surface area contributed by atoms with Crippen LogP contribution in [0.3, 0.4) is 0 Å². The molecule has 7 rings (SSSR count). The summed E-state index contributed by atoms with van der Waals surface area (Å²) in [6, 6.07) is 48.3. The summed E-state index contributed by atoms with van der Waals surface area (Å²) in [5.74, 6) is 0. The van der Waals surface area contributed by atoms with Gasteiger partial charge in [-0.3, -0.25) is 0 Å². The third kappa shape index (κ3) is 4.00. The number of aromatic nitrogens is 1. The molecule has 3 heteroatoms. The summed E-state index contributed by atoms with van der Waals surface area (Å²) in [4.78, 5) is 7.01. The molecule has 2 heterocycles. The maximum atomic E-state index is 6.14. The van der Waals surface area contributed by atoms with E-state index in [0.717, 1.165) is 39.1 Å². The first-order valence-electron chi connectivity index (χ1n) is 12.7. The van der Waals surface area contributed by atoms with Crippen molar-refractivity contribution in [2.24, 2.45) is 0 Å². The third-order valence-corrected chi connectivity index (χ3v) is 6.92. The fourth-order valence-electron chi connectivity index (χ4n) is 5.02. The van der Waals surface area contributed by atoms with E-state index in [1.807, 2.05) is 42.6 Å². The molecule has 0 bridgehead atoms. The highest BCUT2D eigenvalue weighted by molar-refractivity contribution is 6.03. The Morgan fingerprint density at radius 3 is 1.66 bits per heavy atom. The van der Waals surface area contributed by atoms with Crippen LogP contribution < -0.4 is 4.90 Å². The number of hydrogen-bond donors (Lipinski definition) is 0. The van der Waals surface area contributed by atoms with E-state index in [9.17, 15) is 0 Å². The normalized spacial score (nSPS) is 11.2. The van der Waals surface area contributed by atoms with E-state index in [0.29, 0.717) is 0 Å². The second kappa shape index (κ2) is 9.38. The van der Waals surface area contributed by atoms with Crippen LogP contribution in [0.4, 0.5) is 17.1 Å². The van der Waals surface area contributed by atoms with Crippen molar-refractivity contribution in [3.05, 3.63) is 146 Å². The quantitative estimate of drug-likeness (QED) is 0.241. The average Bonchev–Trinajstić information content (AvgIpc) is 3.37. The second-order valence-electron chi connectivity index (χ2n) is 9.30. The Morgan fingerprint density at radius 2 is 0.974 bits per heavy atom. The fourth-order valence-corrected chi connectivity index (χ4v) is 5.02. The fraction of sp³-hybridized carbons (Fsp3) is 0. The molecule has 3 nitrogen and oxygen atoms in total. The van der Waals surface area contributed by atoms with Crippen molar-refractivity contribution in [1.29, 1.82) is 0 Å². The van der Waals surface area contributed by atoms with Crippen molar-refractivity contribution < 1.29 is 4.42 Å². The maximum absolute atomic E-state index is 6.14. The van der Waals surface area contributed by atoms with E-state index in [1.54, 1.807) is 0 Å². The lowest BCUT2D eigenvalue weighted by molar-refractivity contribution is 0.668. The molecule has 0 fully saturated rings. The molecule has 0 atom stereocenters. The van der Waals surface area contributed by atoms with Crippen LogP contribution in [0.25, 0.3) is 44.3 Å². The van der Waals surface area contributed by atoms with Crippen LogP contribution in [-0.4, -0.2) is 4.98 Å². The van der Waals surface area contributed by atoms with E-state index < -0.39 is 0 Å². The zero-order valence-electron chi connectivity index (χ0n) is 20.7. The number of benzene rings is 5. The predicted molar refractivity (Wildman–Crippen MR) is 157 cm³/mol. The summed E-state index contributed by atoms with van der Waals surface area (Å²) in [5, 5.41) is 1.03. The van der Waals surface area contributed by atoms with Gasteiger partial charge in [-0.1, -0.05) is 97.1 Å². The molecule has 0 saturated carbocycles. The Morgan fingerprint density at radius 1 is 0.447 bits per heavy atom. The van der Waals surface area contributed by atoms with Crippen molar-refractivity contribution in [3.63, 3.8) is 0 Å². The molecule has 0 N–H and O–H groups in total. The van der Waals surface area contributed by atoms with Crippen molar-refractivity contribution in [2.75, 3.05) is 4.90 Å². The minimum atomic E-state index is 0.778. The molecule has 0 amide bonds. The van der Waals surface area contributed by atoms with Gasteiger partial charge in [-0.05, 0) is 58.7 Å². The van der Waals surface area contributed by atoms with Crippen LogP contribution in [-0.2, 0) is 0 Å². The Bertz CT molecular complexity index is 1840. The zero-order valence-corrected chi connectivity index (χ0v) is 20.7. The molecule has 0 aliphatic rings. The predicted octanol–water partition coefficient (Wildman–Crippen LogP) is 9.78. The Hall–Kier alpha value is -5.15. The highest BCUT2D eigenvalue weighted by Crippen LogP contribution is 2.38. The first-order valence-corrected chi connectivity index (χ1v) is 12.7. The van der Waals surface area contributed by atoms with Crippen molar-refractivity contribution in [3.8, 4) is 22.3 Å². The second-order valence-corrected chi connectivity index (χ2v) is 9.30. The Labute approximate surface area is 221 Å². The van der Waals surface area contributed by atoms with E-state index in [1.165, 1.54) is 22.3 Å². The summed E-state index contributed by atoms with van der Waals surface area (Å²) in [5.41, 5.74) is 10.4. The smallest absolute Gasteiger partial charge is 0.155 e. The number of para-hydroxylation sites is 2. The maximum Gasteiger partial charge on any atom is 0.155 e. The highest BCUT2D eigenvalue weighted by atomic mass is 16.3. The highest BCUT2D eigenvalue weighted by Gasteiger charge is 2.16. The molecule has 0 saturated heterocycles. The van der Waals surface area contributed by atoms with Crippen LogP contribution in [0.15, 0.2) is 150 Å². The number of furan rings is 1. The summed E-state index contributed by atoms with van der Waals surface area (Å²) < 4.78 is 6.14. The van der Waals surface area contributed by atoms with Gasteiger partial charge in [0.2, 0.25) is 0 Å². The van der Waals surface area contributed by atoms with E-state index in [2.05, 4.69) is 108 Å². The lowest BCUT2D eigenvalue weighted by Gasteiger charge is -2.25. The minimum absolute atomic E-state index is 0.778. The van der Waals surface area contributed by atoms with E-state index >= 15 is 0 Å². The van der Waals surface area contributed by atoms with E-state index in [4.69, 9.17) is 9.40 Å². The zero-order chi connectivity index (χ0) is 25.3. The van der Waals surface area contributed by atoms with Crippen LogP contribution in [0, 0.1) is 0 Å². The number of hydrogen-bond acceptors (Lipinski definition) is 3. The SMILES string of the molecule is c1ccc(-c2ccc(-c3ccc(N(c4ccccc4)c4cnc5c(c4)oc4ccccc45)cc3)cc2)cc1. The van der Waals surface area contributed by atoms with Gasteiger partial charge in [0.25, 0.3) is 0 Å². The summed E-state index contributed by atoms with van der Waals surface area (Å²) in [7, 11) is 0. The van der Waals surface area contributed by atoms with Gasteiger partial charge in [-0.2, -0.15) is 0 Å². The summed E-state index contributed by atoms with van der Waals surface area (Å²) in [6.07, 6.45) is 1.92. The van der Waals surface area contributed by atoms with Gasteiger partial charge in [0.1, 0.15) is 11.1 Å². The molecule has 180 valence electrons. The van der Waals surface area contributed by atoms with Crippen molar-refractivity contribution >= 4 is 39.1 Å². The summed E-state index contributed by atoms with van der Waals surface area (Å²) in [6.45, 7) is 0. The van der Waals surface area contributed by atoms with Gasteiger partial charge in [-0.25, -0.2) is 4.98 Å². The van der Waals surface area contributed by atoms with Gasteiger partial charge in [0, 0.05) is 22.8 Å². The molecule has 2 aromatic heterocycles. The first-order chi connectivity index (χ1) is 18.8. The summed E-state index contributed by atoms with van der Waals surface area (Å²) >= 11 is 0. The molecule has 5 aromatic carbocycles. The number of anilines is 3. The molecule has 0 aliphatic carbocycles. The topological polar surface area (TPSA) is 29.3 Å². The van der Waals surface area contributed by atoms with Crippen LogP contribution in [0.2, 0.25) is 0 Å². The molecule has 0 aliphatic heterocycles. The number of pyridine rings is 1. The first kappa shape index (κ1) is 22.1. The lowest BCUT2D eigenvalue weighted by Crippen LogP contribution is -2.10. The molecule has 38 heavy (non-hydrogen) atoms. The Balaban J connectivity index is 1.26. The van der Waals surface area contributed by atoms with Gasteiger partial charge >= 0.3 is 0 Å². The molecule has 0 spiro atoms. The number of rotatable bonds is 5. The van der Waals surface area contributed by atoms with Gasteiger partial charge in [0.15, 0.2) is 5.58 Å². The van der Waals surface area contributed by atoms with Gasteiger partial charge in [0.05, 0.1) is 11.9 Å². The largest absolute Gasteiger partial charge is 0.454 e. The molecular weight excluding hydrogens is 464 g/mol. The van der Waals surface area contributed by atoms with E-state index in [-0.39, 0.29) is 0 Å². The van der Waals surface area contributed by atoms with Crippen LogP contribution in [0.1, 0.15) is 0 Å². The Kier molecular flexibility index (Phi) is 5.45. The molecular formula is C35H24N2O. The molecule has 0 radical (unpaired) electrons. The molecule has 0 unspecified atom stereocenters. The van der Waals surface area contributed by atoms with Crippen molar-refractivity contribution in [1.82, 2.24) is 4.98 Å². The lowest BCUT2D eigenvalue weighted by atomic mass is 10.00. The van der Waals surface area contributed by atoms with Crippen molar-refractivity contribution in [2.45, 2.75) is 0 Å². The van der Waals surface area contributed by atoms with Gasteiger partial charge < -0.3 is 9.32 Å². The minimum Gasteiger partial charge on any atom is -0.454 e. The average molecular weight is 489 g/mol. The van der Waals surface area contributed by atoms with Gasteiger partial charge in [-0.15, -0.1) is 0 Å².